The van der Waals surface area contributed by atoms with Gasteiger partial charge in [-0.25, -0.2) is 0 Å². The number of halogens is 1. The van der Waals surface area contributed by atoms with Gasteiger partial charge in [0.15, 0.2) is 11.4 Å². The normalized spacial score (nSPS) is 18.1. The maximum absolute atomic E-state index is 13.5. The number of hydrogen-bond acceptors (Lipinski definition) is 7. The summed E-state index contributed by atoms with van der Waals surface area (Å²) in [5, 5.41) is 21.8. The van der Waals surface area contributed by atoms with E-state index in [-0.39, 0.29) is 24.5 Å². The molecule has 0 aliphatic carbocycles. The van der Waals surface area contributed by atoms with Crippen LogP contribution in [0.4, 0.5) is 5.69 Å². The number of para-hydroxylation sites is 1. The molecule has 1 saturated heterocycles. The molecule has 8 nitrogen and oxygen atoms in total. The number of carbonyl (C=O) groups excluding carboxylic acids is 1. The molecular weight excluding hydrogens is 456 g/mol. The van der Waals surface area contributed by atoms with Gasteiger partial charge in [-0.1, -0.05) is 29.8 Å². The smallest absolute Gasteiger partial charge is 0.196 e. The van der Waals surface area contributed by atoms with Gasteiger partial charge in [0.1, 0.15) is 11.5 Å². The Morgan fingerprint density at radius 1 is 1.18 bits per heavy atom. The van der Waals surface area contributed by atoms with Crippen molar-refractivity contribution in [3.05, 3.63) is 77.1 Å². The Bertz CT molecular complexity index is 1300. The second kappa shape index (κ2) is 9.80. The third-order valence-corrected chi connectivity index (χ3v) is 6.13. The molecule has 174 valence electrons. The second-order valence-electron chi connectivity index (χ2n) is 8.13. The summed E-state index contributed by atoms with van der Waals surface area (Å²) in [6.45, 7) is 0.470. The van der Waals surface area contributed by atoms with E-state index < -0.39 is 0 Å². The summed E-state index contributed by atoms with van der Waals surface area (Å²) in [7, 11) is 0. The van der Waals surface area contributed by atoms with Gasteiger partial charge in [-0.15, -0.1) is 5.10 Å². The van der Waals surface area contributed by atoms with Crippen molar-refractivity contribution in [3.63, 3.8) is 0 Å². The van der Waals surface area contributed by atoms with Crippen LogP contribution in [0.2, 0.25) is 5.02 Å². The van der Waals surface area contributed by atoms with Gasteiger partial charge in [0, 0.05) is 23.9 Å². The monoisotopic (exact) mass is 478 g/mol. The maximum Gasteiger partial charge on any atom is 0.196 e. The largest absolute Gasteiger partial charge is 0.457 e. The van der Waals surface area contributed by atoms with E-state index in [0.29, 0.717) is 51.0 Å². The van der Waals surface area contributed by atoms with Gasteiger partial charge in [0.25, 0.3) is 0 Å². The number of nitrogens with zero attached hydrogens (tertiary/aromatic N) is 2. The fraction of sp³-hybridized carbons (Fsp3) is 0.240. The number of nitrogens with one attached hydrogen (secondary N) is 2. The number of fused-ring (bicyclic) bond motifs is 1. The molecule has 3 N–H and O–H groups in total. The van der Waals surface area contributed by atoms with Crippen LogP contribution in [0.3, 0.4) is 0 Å². The number of ether oxygens (including phenoxy) is 2. The van der Waals surface area contributed by atoms with Crippen LogP contribution in [-0.2, 0) is 4.74 Å². The van der Waals surface area contributed by atoms with Crippen LogP contribution in [0, 0.1) is 0 Å². The van der Waals surface area contributed by atoms with Gasteiger partial charge in [0.2, 0.25) is 0 Å². The molecule has 0 spiro atoms. The Hall–Kier alpha value is -3.46. The van der Waals surface area contributed by atoms with Gasteiger partial charge < -0.3 is 24.9 Å². The summed E-state index contributed by atoms with van der Waals surface area (Å²) < 4.78 is 11.5. The number of aromatic amines is 1. The van der Waals surface area contributed by atoms with E-state index in [1.165, 1.54) is 0 Å². The second-order valence-corrected chi connectivity index (χ2v) is 8.53. The molecule has 2 atom stereocenters. The first-order valence-corrected chi connectivity index (χ1v) is 11.4. The highest BCUT2D eigenvalue weighted by Gasteiger charge is 2.24. The fourth-order valence-electron chi connectivity index (χ4n) is 4.06. The van der Waals surface area contributed by atoms with E-state index in [9.17, 15) is 9.90 Å². The van der Waals surface area contributed by atoms with Crippen molar-refractivity contribution in [2.24, 2.45) is 0 Å². The van der Waals surface area contributed by atoms with Crippen LogP contribution in [0.15, 0.2) is 60.9 Å². The number of aliphatic hydroxyl groups excluding tert-OH is 1. The number of aliphatic hydroxyl groups is 1. The number of benzene rings is 2. The molecule has 0 amide bonds. The number of H-pyrrole nitrogens is 1. The maximum atomic E-state index is 13.5. The zero-order valence-electron chi connectivity index (χ0n) is 18.2. The average Bonchev–Trinajstić information content (AvgIpc) is 3.30. The van der Waals surface area contributed by atoms with E-state index in [1.807, 2.05) is 30.3 Å². The molecule has 2 aromatic carbocycles. The molecule has 0 saturated carbocycles. The molecule has 0 bridgehead atoms. The third kappa shape index (κ3) is 4.61. The molecule has 5 rings (SSSR count). The lowest BCUT2D eigenvalue weighted by Crippen LogP contribution is -2.36. The van der Waals surface area contributed by atoms with Gasteiger partial charge in [-0.2, -0.15) is 5.10 Å². The van der Waals surface area contributed by atoms with Gasteiger partial charge in [-0.3, -0.25) is 4.79 Å². The summed E-state index contributed by atoms with van der Waals surface area (Å²) in [6, 6.07) is 14.4. The summed E-state index contributed by atoms with van der Waals surface area (Å²) in [5.41, 5.74) is 1.98. The molecule has 34 heavy (non-hydrogen) atoms. The number of anilines is 1. The van der Waals surface area contributed by atoms with Crippen molar-refractivity contribution in [2.75, 3.05) is 18.5 Å². The van der Waals surface area contributed by atoms with Gasteiger partial charge >= 0.3 is 0 Å². The van der Waals surface area contributed by atoms with Crippen LogP contribution in [0.1, 0.15) is 28.8 Å². The number of aromatic nitrogens is 3. The summed E-state index contributed by atoms with van der Waals surface area (Å²) in [5.74, 6) is 0.984. The van der Waals surface area contributed by atoms with Crippen molar-refractivity contribution in [2.45, 2.75) is 25.0 Å². The molecule has 1 aliphatic rings. The topological polar surface area (TPSA) is 109 Å². The highest BCUT2D eigenvalue weighted by molar-refractivity contribution is 6.35. The van der Waals surface area contributed by atoms with Gasteiger partial charge in [-0.05, 0) is 37.1 Å². The number of hydrogen-bond donors (Lipinski definition) is 3. The average molecular weight is 479 g/mol. The van der Waals surface area contributed by atoms with Crippen molar-refractivity contribution in [3.8, 4) is 11.5 Å². The minimum absolute atomic E-state index is 0.0141. The van der Waals surface area contributed by atoms with Crippen molar-refractivity contribution in [1.29, 1.82) is 0 Å². The van der Waals surface area contributed by atoms with E-state index in [4.69, 9.17) is 21.1 Å². The molecule has 1 unspecified atom stereocenters. The lowest BCUT2D eigenvalue weighted by molar-refractivity contribution is -0.0223. The number of carbonyl (C=O) groups is 1. The van der Waals surface area contributed by atoms with Crippen molar-refractivity contribution < 1.29 is 19.4 Å². The Kier molecular flexibility index (Phi) is 6.44. The highest BCUT2D eigenvalue weighted by Crippen LogP contribution is 2.32. The van der Waals surface area contributed by atoms with Gasteiger partial charge in [0.05, 0.1) is 47.2 Å². The van der Waals surface area contributed by atoms with Crippen LogP contribution in [0.25, 0.3) is 11.0 Å². The lowest BCUT2D eigenvalue weighted by atomic mass is 10.0. The van der Waals surface area contributed by atoms with E-state index in [0.717, 1.165) is 12.8 Å². The SMILES string of the molecule is O=C(c1ccc(Oc2ccccc2)cc1Cl)c1c[nH]c2nncc(N[C@@H]3CCC(CO)OC3)c12. The molecule has 4 aromatic rings. The zero-order valence-corrected chi connectivity index (χ0v) is 19.0. The highest BCUT2D eigenvalue weighted by atomic mass is 35.5. The Morgan fingerprint density at radius 2 is 2.03 bits per heavy atom. The summed E-state index contributed by atoms with van der Waals surface area (Å²) >= 11 is 6.49. The minimum Gasteiger partial charge on any atom is -0.457 e. The molecule has 1 fully saturated rings. The minimum atomic E-state index is -0.237. The summed E-state index contributed by atoms with van der Waals surface area (Å²) in [4.78, 5) is 16.5. The van der Waals surface area contributed by atoms with Crippen molar-refractivity contribution >= 4 is 34.1 Å². The molecular formula is C25H23ClN4O4. The molecule has 0 radical (unpaired) electrons. The Labute approximate surface area is 200 Å². The number of rotatable bonds is 7. The third-order valence-electron chi connectivity index (χ3n) is 5.82. The zero-order chi connectivity index (χ0) is 23.5. The molecule has 2 aromatic heterocycles. The van der Waals surface area contributed by atoms with Crippen LogP contribution >= 0.6 is 11.6 Å². The standard InChI is InChI=1S/C25H23ClN4O4/c26-21-10-17(34-16-4-2-1-3-5-16)8-9-19(21)24(32)20-11-27-25-23(20)22(12-28-30-25)29-15-6-7-18(13-31)33-14-15/h1-5,8-12,15,18,31H,6-7,13-14H2,(H2,27,29,30)/t15-,18?/m1/s1. The Morgan fingerprint density at radius 3 is 2.76 bits per heavy atom. The first-order valence-electron chi connectivity index (χ1n) is 11.0. The molecule has 1 aliphatic heterocycles. The molecule has 3 heterocycles. The predicted octanol–water partition coefficient (Wildman–Crippen LogP) is 4.59. The van der Waals surface area contributed by atoms with Crippen molar-refractivity contribution in [1.82, 2.24) is 15.2 Å². The first-order chi connectivity index (χ1) is 16.6. The Balaban J connectivity index is 1.40. The van der Waals surface area contributed by atoms with E-state index in [1.54, 1.807) is 30.6 Å². The van der Waals surface area contributed by atoms with E-state index >= 15 is 0 Å². The predicted molar refractivity (Wildman–Crippen MR) is 129 cm³/mol. The number of ketones is 1. The van der Waals surface area contributed by atoms with Crippen LogP contribution in [0.5, 0.6) is 11.5 Å². The first kappa shape index (κ1) is 22.3. The van der Waals surface area contributed by atoms with Crippen LogP contribution < -0.4 is 10.1 Å². The van der Waals surface area contributed by atoms with E-state index in [2.05, 4.69) is 20.5 Å². The fourth-order valence-corrected chi connectivity index (χ4v) is 4.31. The lowest BCUT2D eigenvalue weighted by Gasteiger charge is -2.29. The van der Waals surface area contributed by atoms with Crippen LogP contribution in [-0.4, -0.2) is 51.4 Å². The summed E-state index contributed by atoms with van der Waals surface area (Å²) in [6.07, 6.45) is 4.67. The quantitative estimate of drug-likeness (QED) is 0.333. The molecule has 9 heteroatoms.